The van der Waals surface area contributed by atoms with E-state index in [0.717, 1.165) is 11.1 Å². The Morgan fingerprint density at radius 1 is 1.18 bits per heavy atom. The van der Waals surface area contributed by atoms with E-state index < -0.39 is 12.1 Å². The summed E-state index contributed by atoms with van der Waals surface area (Å²) in [7, 11) is 0. The van der Waals surface area contributed by atoms with Crippen molar-refractivity contribution in [2.45, 2.75) is 32.0 Å². The number of hydrogen-bond donors (Lipinski definition) is 2. The molecule has 3 amide bonds. The van der Waals surface area contributed by atoms with Crippen LogP contribution in [0.15, 0.2) is 65.9 Å². The summed E-state index contributed by atoms with van der Waals surface area (Å²) in [5.41, 5.74) is 2.76. The molecule has 1 fully saturated rings. The van der Waals surface area contributed by atoms with Gasteiger partial charge in [-0.3, -0.25) is 14.7 Å². The quantitative estimate of drug-likeness (QED) is 0.508. The maximum atomic E-state index is 14.2. The zero-order valence-corrected chi connectivity index (χ0v) is 21.8. The van der Waals surface area contributed by atoms with Crippen LogP contribution in [0, 0.1) is 11.3 Å². The van der Waals surface area contributed by atoms with Crippen molar-refractivity contribution in [1.29, 1.82) is 5.26 Å². The Bertz CT molecular complexity index is 1410. The molecule has 1 aromatic heterocycles. The molecule has 9 nitrogen and oxygen atoms in total. The summed E-state index contributed by atoms with van der Waals surface area (Å²) < 4.78 is 6.10. The van der Waals surface area contributed by atoms with Gasteiger partial charge in [-0.1, -0.05) is 23.7 Å². The largest absolute Gasteiger partial charge is 0.490 e. The van der Waals surface area contributed by atoms with Gasteiger partial charge in [-0.2, -0.15) is 5.26 Å². The number of H-pyrrole nitrogens is 1. The number of piperazine rings is 1. The van der Waals surface area contributed by atoms with Crippen molar-refractivity contribution in [1.82, 2.24) is 20.1 Å². The summed E-state index contributed by atoms with van der Waals surface area (Å²) >= 11 is 6.20. The molecule has 0 radical (unpaired) electrons. The number of nitrogens with one attached hydrogen (secondary N) is 2. The van der Waals surface area contributed by atoms with Crippen molar-refractivity contribution in [2.24, 2.45) is 4.99 Å². The van der Waals surface area contributed by atoms with Crippen molar-refractivity contribution < 1.29 is 14.3 Å². The normalized spacial score (nSPS) is 19.2. The minimum absolute atomic E-state index is 0.0481. The number of carbonyl (C=O) groups excluding carboxylic acids is 2. The predicted octanol–water partition coefficient (Wildman–Crippen LogP) is 4.42. The number of aliphatic imine (C=N–C) groups is 1. The third kappa shape index (κ3) is 4.95. The highest BCUT2D eigenvalue weighted by Crippen LogP contribution is 2.45. The number of amidine groups is 1. The zero-order valence-electron chi connectivity index (χ0n) is 21.0. The standard InChI is InChI=1S/C28H27ClN6O3/c1-17(2)38-23-13-18(14-30)3-8-22(23)27-33-25(20-9-10-31-15-20)26(19-4-6-21(29)7-5-19)35(27)28(37)34-12-11-32-24(36)16-34/h3-10,13,15,17,25-26,31H,11-12,16H2,1-2H3,(H,32,36). The molecule has 0 bridgehead atoms. The molecule has 10 heteroatoms. The first-order valence-corrected chi connectivity index (χ1v) is 12.8. The van der Waals surface area contributed by atoms with Crippen LogP contribution in [0.3, 0.4) is 0 Å². The minimum atomic E-state index is -0.516. The predicted molar refractivity (Wildman–Crippen MR) is 143 cm³/mol. The van der Waals surface area contributed by atoms with Gasteiger partial charge in [-0.25, -0.2) is 4.79 Å². The molecule has 194 valence electrons. The Morgan fingerprint density at radius 2 is 1.97 bits per heavy atom. The summed E-state index contributed by atoms with van der Waals surface area (Å²) in [4.78, 5) is 37.8. The van der Waals surface area contributed by atoms with Gasteiger partial charge in [0.25, 0.3) is 0 Å². The Kier molecular flexibility index (Phi) is 7.07. The molecule has 1 saturated heterocycles. The van der Waals surface area contributed by atoms with Crippen molar-refractivity contribution in [3.05, 3.63) is 88.2 Å². The minimum Gasteiger partial charge on any atom is -0.490 e. The number of benzene rings is 2. The molecule has 2 aliphatic heterocycles. The third-order valence-electron chi connectivity index (χ3n) is 6.47. The van der Waals surface area contributed by atoms with Gasteiger partial charge in [0.1, 0.15) is 24.2 Å². The van der Waals surface area contributed by atoms with Gasteiger partial charge in [-0.05, 0) is 61.4 Å². The topological polar surface area (TPSA) is 114 Å². The Morgan fingerprint density at radius 3 is 2.63 bits per heavy atom. The lowest BCUT2D eigenvalue weighted by atomic mass is 9.95. The summed E-state index contributed by atoms with van der Waals surface area (Å²) in [6, 6.07) is 15.2. The third-order valence-corrected chi connectivity index (χ3v) is 6.72. The lowest BCUT2D eigenvalue weighted by molar-refractivity contribution is -0.123. The Labute approximate surface area is 225 Å². The molecule has 2 unspecified atom stereocenters. The molecule has 0 spiro atoms. The van der Waals surface area contributed by atoms with Crippen LogP contribution in [0.4, 0.5) is 4.79 Å². The Hall–Kier alpha value is -4.29. The average molecular weight is 531 g/mol. The Balaban J connectivity index is 1.69. The number of ether oxygens (including phenoxy) is 1. The van der Waals surface area contributed by atoms with E-state index in [1.165, 1.54) is 4.90 Å². The average Bonchev–Trinajstić information content (AvgIpc) is 3.57. The molecular weight excluding hydrogens is 504 g/mol. The van der Waals surface area contributed by atoms with Gasteiger partial charge >= 0.3 is 6.03 Å². The van der Waals surface area contributed by atoms with Gasteiger partial charge in [0.2, 0.25) is 5.91 Å². The molecule has 0 saturated carbocycles. The molecule has 3 heterocycles. The van der Waals surface area contributed by atoms with Crippen LogP contribution < -0.4 is 10.1 Å². The number of halogens is 1. The maximum Gasteiger partial charge on any atom is 0.326 e. The molecule has 0 aliphatic carbocycles. The van der Waals surface area contributed by atoms with Crippen LogP contribution in [0.25, 0.3) is 0 Å². The van der Waals surface area contributed by atoms with Gasteiger partial charge in [-0.15, -0.1) is 0 Å². The molecule has 5 rings (SSSR count). The highest BCUT2D eigenvalue weighted by Gasteiger charge is 2.45. The van der Waals surface area contributed by atoms with Gasteiger partial charge in [0.05, 0.1) is 29.3 Å². The number of urea groups is 1. The van der Waals surface area contributed by atoms with Gasteiger partial charge in [0, 0.05) is 30.5 Å². The van der Waals surface area contributed by atoms with Crippen LogP contribution in [-0.2, 0) is 4.79 Å². The number of nitriles is 1. The molecule has 38 heavy (non-hydrogen) atoms. The zero-order chi connectivity index (χ0) is 26.8. The first kappa shape index (κ1) is 25.4. The van der Waals surface area contributed by atoms with E-state index in [1.54, 1.807) is 35.2 Å². The lowest BCUT2D eigenvalue weighted by Crippen LogP contribution is -2.55. The summed E-state index contributed by atoms with van der Waals surface area (Å²) in [6.07, 6.45) is 3.51. The number of rotatable bonds is 5. The smallest absolute Gasteiger partial charge is 0.326 e. The van der Waals surface area contributed by atoms with Crippen molar-refractivity contribution >= 4 is 29.4 Å². The highest BCUT2D eigenvalue weighted by atomic mass is 35.5. The molecule has 2 N–H and O–H groups in total. The number of hydrogen-bond acceptors (Lipinski definition) is 5. The van der Waals surface area contributed by atoms with E-state index in [-0.39, 0.29) is 24.6 Å². The first-order valence-electron chi connectivity index (χ1n) is 12.4. The molecule has 3 aromatic rings. The second kappa shape index (κ2) is 10.6. The van der Waals surface area contributed by atoms with Crippen LogP contribution in [-0.4, -0.2) is 58.3 Å². The molecule has 2 aliphatic rings. The second-order valence-corrected chi connectivity index (χ2v) is 9.89. The van der Waals surface area contributed by atoms with E-state index in [4.69, 9.17) is 21.3 Å². The first-order chi connectivity index (χ1) is 18.4. The fraction of sp³-hybridized carbons (Fsp3) is 0.286. The maximum absolute atomic E-state index is 14.2. The van der Waals surface area contributed by atoms with Crippen LogP contribution in [0.5, 0.6) is 5.75 Å². The number of nitrogens with zero attached hydrogens (tertiary/aromatic N) is 4. The summed E-state index contributed by atoms with van der Waals surface area (Å²) in [6.45, 7) is 4.49. The number of aromatic amines is 1. The summed E-state index contributed by atoms with van der Waals surface area (Å²) in [5, 5.41) is 12.9. The molecule has 2 atom stereocenters. The van der Waals surface area contributed by atoms with Crippen LogP contribution in [0.2, 0.25) is 5.02 Å². The SMILES string of the molecule is CC(C)Oc1cc(C#N)ccc1C1=NC(c2cc[nH]c2)C(c2ccc(Cl)cc2)N1C(=O)N1CCNC(=O)C1. The molecule has 2 aromatic carbocycles. The summed E-state index contributed by atoms with van der Waals surface area (Å²) in [5.74, 6) is 0.651. The fourth-order valence-corrected chi connectivity index (χ4v) is 4.92. The van der Waals surface area contributed by atoms with E-state index in [0.29, 0.717) is 40.8 Å². The number of amides is 3. The number of aromatic nitrogens is 1. The van der Waals surface area contributed by atoms with Crippen molar-refractivity contribution in [2.75, 3.05) is 19.6 Å². The second-order valence-electron chi connectivity index (χ2n) is 9.45. The molecular formula is C28H27ClN6O3. The van der Waals surface area contributed by atoms with Crippen LogP contribution >= 0.6 is 11.6 Å². The van der Waals surface area contributed by atoms with E-state index in [9.17, 15) is 14.9 Å². The highest BCUT2D eigenvalue weighted by molar-refractivity contribution is 6.30. The van der Waals surface area contributed by atoms with Crippen molar-refractivity contribution in [3.8, 4) is 11.8 Å². The van der Waals surface area contributed by atoms with Gasteiger partial charge in [0.15, 0.2) is 0 Å². The van der Waals surface area contributed by atoms with E-state index >= 15 is 0 Å². The monoisotopic (exact) mass is 530 g/mol. The fourth-order valence-electron chi connectivity index (χ4n) is 4.80. The van der Waals surface area contributed by atoms with Crippen LogP contribution in [0.1, 0.15) is 48.2 Å². The van der Waals surface area contributed by atoms with E-state index in [1.807, 2.05) is 44.4 Å². The van der Waals surface area contributed by atoms with E-state index in [2.05, 4.69) is 16.4 Å². The van der Waals surface area contributed by atoms with Gasteiger partial charge < -0.3 is 19.9 Å². The van der Waals surface area contributed by atoms with Crippen molar-refractivity contribution in [3.63, 3.8) is 0 Å². The number of carbonyl (C=O) groups is 2. The lowest BCUT2D eigenvalue weighted by Gasteiger charge is -2.35.